The molecule has 2 rings (SSSR count). The first kappa shape index (κ1) is 13.3. The highest BCUT2D eigenvalue weighted by molar-refractivity contribution is 7.99. The van der Waals surface area contributed by atoms with E-state index in [0.717, 1.165) is 0 Å². The largest absolute Gasteiger partial charge is 0.507 e. The Hall–Kier alpha value is -1.16. The Kier molecular flexibility index (Phi) is 4.17. The van der Waals surface area contributed by atoms with E-state index in [1.165, 1.54) is 11.8 Å². The van der Waals surface area contributed by atoms with E-state index in [9.17, 15) is 9.90 Å². The number of benzene rings is 2. The normalized spacial score (nSPS) is 10.3. The topological polar surface area (TPSA) is 37.3 Å². The predicted octanol–water partition coefficient (Wildman–Crippen LogP) is 4.66. The Morgan fingerprint density at radius 3 is 2.39 bits per heavy atom. The van der Waals surface area contributed by atoms with E-state index in [2.05, 4.69) is 0 Å². The monoisotopic (exact) mass is 298 g/mol. The summed E-state index contributed by atoms with van der Waals surface area (Å²) in [7, 11) is 0. The highest BCUT2D eigenvalue weighted by atomic mass is 35.5. The van der Waals surface area contributed by atoms with Gasteiger partial charge < -0.3 is 5.11 Å². The summed E-state index contributed by atoms with van der Waals surface area (Å²) < 4.78 is 0. The number of halogens is 2. The second kappa shape index (κ2) is 5.65. The number of hydrogen-bond donors (Lipinski definition) is 1. The number of rotatable bonds is 3. The Bertz CT molecular complexity index is 600. The van der Waals surface area contributed by atoms with E-state index in [1.54, 1.807) is 30.3 Å². The van der Waals surface area contributed by atoms with Gasteiger partial charge in [0.05, 0.1) is 14.9 Å². The second-order valence-corrected chi connectivity index (χ2v) is 5.31. The van der Waals surface area contributed by atoms with E-state index in [-0.39, 0.29) is 10.8 Å². The molecule has 0 aromatic heterocycles. The van der Waals surface area contributed by atoms with Crippen LogP contribution in [0.15, 0.2) is 46.2 Å². The van der Waals surface area contributed by atoms with Gasteiger partial charge in [0, 0.05) is 10.5 Å². The van der Waals surface area contributed by atoms with Gasteiger partial charge in [0.25, 0.3) is 0 Å². The molecule has 0 spiro atoms. The molecular formula is C13H8Cl2O2S. The van der Waals surface area contributed by atoms with Gasteiger partial charge in [-0.1, -0.05) is 47.1 Å². The van der Waals surface area contributed by atoms with Crippen LogP contribution in [0, 0.1) is 0 Å². The summed E-state index contributed by atoms with van der Waals surface area (Å²) in [6.07, 6.45) is 0.655. The maximum absolute atomic E-state index is 10.7. The van der Waals surface area contributed by atoms with Crippen molar-refractivity contribution < 1.29 is 9.90 Å². The molecule has 2 aromatic rings. The van der Waals surface area contributed by atoms with E-state index in [0.29, 0.717) is 26.7 Å². The number of phenolic OH excluding ortho intramolecular Hbond substituents is 1. The fourth-order valence-corrected chi connectivity index (χ4v) is 2.82. The van der Waals surface area contributed by atoms with Crippen molar-refractivity contribution >= 4 is 41.2 Å². The lowest BCUT2D eigenvalue weighted by molar-refractivity contribution is 0.112. The minimum Gasteiger partial charge on any atom is -0.507 e. The molecule has 18 heavy (non-hydrogen) atoms. The summed E-state index contributed by atoms with van der Waals surface area (Å²) >= 11 is 13.3. The zero-order valence-electron chi connectivity index (χ0n) is 9.06. The molecule has 2 aromatic carbocycles. The fraction of sp³-hybridized carbons (Fsp3) is 0. The molecule has 0 radical (unpaired) electrons. The highest BCUT2D eigenvalue weighted by Gasteiger charge is 2.12. The SMILES string of the molecule is O=Cc1ccc(Sc2ccccc2O)c(Cl)c1Cl. The number of carbonyl (C=O) groups excluding carboxylic acids is 1. The number of aldehydes is 1. The average molecular weight is 299 g/mol. The van der Waals surface area contributed by atoms with Crippen molar-refractivity contribution in [3.8, 4) is 5.75 Å². The first-order valence-corrected chi connectivity index (χ1v) is 6.59. The van der Waals surface area contributed by atoms with Crippen molar-refractivity contribution in [2.24, 2.45) is 0 Å². The first-order valence-electron chi connectivity index (χ1n) is 5.02. The smallest absolute Gasteiger partial charge is 0.151 e. The van der Waals surface area contributed by atoms with E-state index in [1.807, 2.05) is 6.07 Å². The molecule has 5 heteroatoms. The fourth-order valence-electron chi connectivity index (χ4n) is 1.38. The summed E-state index contributed by atoms with van der Waals surface area (Å²) in [5.74, 6) is 0.175. The number of hydrogen-bond acceptors (Lipinski definition) is 3. The molecule has 0 bridgehead atoms. The Morgan fingerprint density at radius 2 is 1.72 bits per heavy atom. The zero-order valence-corrected chi connectivity index (χ0v) is 11.4. The zero-order chi connectivity index (χ0) is 13.1. The molecule has 0 unspecified atom stereocenters. The molecule has 0 amide bonds. The summed E-state index contributed by atoms with van der Waals surface area (Å²) in [6, 6.07) is 10.2. The van der Waals surface area contributed by atoms with Crippen molar-refractivity contribution in [1.82, 2.24) is 0 Å². The standard InChI is InChI=1S/C13H8Cl2O2S/c14-12-8(7-16)5-6-11(13(12)15)18-10-4-2-1-3-9(10)17/h1-7,17H. The lowest BCUT2D eigenvalue weighted by Crippen LogP contribution is -1.85. The van der Waals surface area contributed by atoms with Crippen LogP contribution in [0.25, 0.3) is 0 Å². The van der Waals surface area contributed by atoms with Gasteiger partial charge in [0.1, 0.15) is 5.75 Å². The van der Waals surface area contributed by atoms with Gasteiger partial charge in [-0.3, -0.25) is 4.79 Å². The molecule has 0 aliphatic heterocycles. The molecule has 2 nitrogen and oxygen atoms in total. The lowest BCUT2D eigenvalue weighted by Gasteiger charge is -2.08. The molecule has 0 aliphatic carbocycles. The molecule has 1 N–H and O–H groups in total. The summed E-state index contributed by atoms with van der Waals surface area (Å²) in [5, 5.41) is 10.2. The van der Waals surface area contributed by atoms with Gasteiger partial charge in [0.15, 0.2) is 6.29 Å². The van der Waals surface area contributed by atoms with Crippen LogP contribution in [-0.4, -0.2) is 11.4 Å². The molecule has 0 fully saturated rings. The van der Waals surface area contributed by atoms with Crippen LogP contribution < -0.4 is 0 Å². The second-order valence-electron chi connectivity index (χ2n) is 3.47. The van der Waals surface area contributed by atoms with Crippen LogP contribution in [0.5, 0.6) is 5.75 Å². The quantitative estimate of drug-likeness (QED) is 0.837. The van der Waals surface area contributed by atoms with Gasteiger partial charge in [0.2, 0.25) is 0 Å². The molecule has 92 valence electrons. The van der Waals surface area contributed by atoms with Crippen molar-refractivity contribution in [2.45, 2.75) is 9.79 Å². The first-order chi connectivity index (χ1) is 8.63. The number of phenols is 1. The Balaban J connectivity index is 2.39. The summed E-state index contributed by atoms with van der Waals surface area (Å²) in [4.78, 5) is 12.1. The van der Waals surface area contributed by atoms with Gasteiger partial charge in [-0.2, -0.15) is 0 Å². The van der Waals surface area contributed by atoms with Crippen molar-refractivity contribution in [3.05, 3.63) is 52.0 Å². The van der Waals surface area contributed by atoms with Crippen molar-refractivity contribution in [3.63, 3.8) is 0 Å². The van der Waals surface area contributed by atoms with Crippen molar-refractivity contribution in [2.75, 3.05) is 0 Å². The summed E-state index contributed by atoms with van der Waals surface area (Å²) in [6.45, 7) is 0. The minimum atomic E-state index is 0.175. The molecule has 0 saturated heterocycles. The maximum Gasteiger partial charge on any atom is 0.151 e. The molecular weight excluding hydrogens is 291 g/mol. The highest BCUT2D eigenvalue weighted by Crippen LogP contribution is 2.41. The predicted molar refractivity (Wildman–Crippen MR) is 74.1 cm³/mol. The number of carbonyl (C=O) groups is 1. The minimum absolute atomic E-state index is 0.175. The maximum atomic E-state index is 10.7. The van der Waals surface area contributed by atoms with Crippen LogP contribution >= 0.6 is 35.0 Å². The van der Waals surface area contributed by atoms with E-state index >= 15 is 0 Å². The molecule has 0 atom stereocenters. The van der Waals surface area contributed by atoms with Gasteiger partial charge >= 0.3 is 0 Å². The third-order valence-corrected chi connectivity index (χ3v) is 4.42. The molecule has 0 heterocycles. The number of aromatic hydroxyl groups is 1. The average Bonchev–Trinajstić information content (AvgIpc) is 2.38. The molecule has 0 aliphatic rings. The third-order valence-electron chi connectivity index (χ3n) is 2.29. The lowest BCUT2D eigenvalue weighted by atomic mass is 10.2. The molecule has 0 saturated carbocycles. The van der Waals surface area contributed by atoms with Gasteiger partial charge in [-0.25, -0.2) is 0 Å². The van der Waals surface area contributed by atoms with E-state index in [4.69, 9.17) is 23.2 Å². The summed E-state index contributed by atoms with van der Waals surface area (Å²) in [5.41, 5.74) is 0.350. The van der Waals surface area contributed by atoms with Crippen LogP contribution in [0.1, 0.15) is 10.4 Å². The van der Waals surface area contributed by atoms with Crippen molar-refractivity contribution in [1.29, 1.82) is 0 Å². The van der Waals surface area contributed by atoms with Crippen LogP contribution in [-0.2, 0) is 0 Å². The number of para-hydroxylation sites is 1. The van der Waals surface area contributed by atoms with Crippen LogP contribution in [0.3, 0.4) is 0 Å². The Labute approximate surface area is 119 Å². The van der Waals surface area contributed by atoms with Gasteiger partial charge in [-0.15, -0.1) is 0 Å². The van der Waals surface area contributed by atoms with E-state index < -0.39 is 0 Å². The van der Waals surface area contributed by atoms with Crippen LogP contribution in [0.4, 0.5) is 0 Å². The Morgan fingerprint density at radius 1 is 1.00 bits per heavy atom. The van der Waals surface area contributed by atoms with Crippen LogP contribution in [0.2, 0.25) is 10.0 Å². The van der Waals surface area contributed by atoms with Gasteiger partial charge in [-0.05, 0) is 24.3 Å². The third kappa shape index (κ3) is 2.64.